The average Bonchev–Trinajstić information content (AvgIpc) is 2.73. The van der Waals surface area contributed by atoms with E-state index in [1.165, 1.54) is 5.56 Å². The number of fused-ring (bicyclic) bond motifs is 3. The van der Waals surface area contributed by atoms with Crippen LogP contribution >= 0.6 is 0 Å². The molecule has 4 heteroatoms. The first-order valence-corrected chi connectivity index (χ1v) is 5.52. The van der Waals surface area contributed by atoms with Crippen LogP contribution in [0.15, 0.2) is 23.1 Å². The van der Waals surface area contributed by atoms with Crippen LogP contribution in [0.25, 0.3) is 21.8 Å². The molecule has 1 aromatic carbocycles. The molecule has 17 heavy (non-hydrogen) atoms. The van der Waals surface area contributed by atoms with Crippen molar-refractivity contribution < 1.29 is 0 Å². The maximum Gasteiger partial charge on any atom is 0.276 e. The van der Waals surface area contributed by atoms with Crippen molar-refractivity contribution in [2.75, 3.05) is 0 Å². The summed E-state index contributed by atoms with van der Waals surface area (Å²) in [6, 6.07) is 4.16. The van der Waals surface area contributed by atoms with Gasteiger partial charge in [-0.1, -0.05) is 6.07 Å². The molecule has 0 spiro atoms. The molecule has 4 nitrogen and oxygen atoms in total. The van der Waals surface area contributed by atoms with Gasteiger partial charge in [0.05, 0.1) is 11.7 Å². The molecule has 2 aromatic heterocycles. The number of benzene rings is 1. The minimum Gasteiger partial charge on any atom is -0.309 e. The lowest BCUT2D eigenvalue weighted by molar-refractivity contribution is 0.910. The minimum atomic E-state index is -0.0324. The first-order chi connectivity index (χ1) is 8.09. The normalized spacial score (nSPS) is 11.5. The van der Waals surface area contributed by atoms with Crippen LogP contribution in [0.3, 0.4) is 0 Å². The van der Waals surface area contributed by atoms with Crippen molar-refractivity contribution in [3.63, 3.8) is 0 Å². The zero-order valence-corrected chi connectivity index (χ0v) is 10.0. The predicted octanol–water partition coefficient (Wildman–Crippen LogP) is 2.03. The Bertz CT molecular complexity index is 796. The second kappa shape index (κ2) is 3.20. The molecule has 0 saturated carbocycles. The van der Waals surface area contributed by atoms with Gasteiger partial charge in [0.2, 0.25) is 0 Å². The topological polar surface area (TPSA) is 50.7 Å². The van der Waals surface area contributed by atoms with E-state index in [0.29, 0.717) is 5.52 Å². The summed E-state index contributed by atoms with van der Waals surface area (Å²) in [4.78, 5) is 12.1. The molecule has 0 amide bonds. The number of hydrogen-bond donors (Lipinski definition) is 1. The van der Waals surface area contributed by atoms with Crippen molar-refractivity contribution in [3.8, 4) is 0 Å². The summed E-state index contributed by atoms with van der Waals surface area (Å²) >= 11 is 0. The van der Waals surface area contributed by atoms with Crippen molar-refractivity contribution in [2.45, 2.75) is 13.8 Å². The fourth-order valence-electron chi connectivity index (χ4n) is 2.48. The molecule has 0 aliphatic carbocycles. The Morgan fingerprint density at radius 3 is 2.82 bits per heavy atom. The van der Waals surface area contributed by atoms with Crippen LogP contribution in [0.2, 0.25) is 0 Å². The number of pyridine rings is 1. The van der Waals surface area contributed by atoms with Gasteiger partial charge in [-0.25, -0.2) is 0 Å². The molecular formula is C13H13N3O. The lowest BCUT2D eigenvalue weighted by Gasteiger charge is -2.09. The highest BCUT2D eigenvalue weighted by atomic mass is 16.1. The molecule has 3 aromatic rings. The van der Waals surface area contributed by atoms with E-state index in [-0.39, 0.29) is 5.56 Å². The van der Waals surface area contributed by atoms with Crippen molar-refractivity contribution in [1.82, 2.24) is 14.8 Å². The van der Waals surface area contributed by atoms with Gasteiger partial charge in [0.25, 0.3) is 5.56 Å². The molecule has 0 unspecified atom stereocenters. The van der Waals surface area contributed by atoms with Crippen LogP contribution in [-0.2, 0) is 7.05 Å². The highest BCUT2D eigenvalue weighted by Gasteiger charge is 2.11. The van der Waals surface area contributed by atoms with Crippen molar-refractivity contribution in [3.05, 3.63) is 39.8 Å². The van der Waals surface area contributed by atoms with Crippen molar-refractivity contribution >= 4 is 21.8 Å². The van der Waals surface area contributed by atoms with Gasteiger partial charge in [-0.2, -0.15) is 5.10 Å². The molecule has 0 saturated heterocycles. The number of aromatic nitrogens is 3. The Morgan fingerprint density at radius 1 is 1.29 bits per heavy atom. The third kappa shape index (κ3) is 1.24. The molecule has 0 fully saturated rings. The Morgan fingerprint density at radius 2 is 2.06 bits per heavy atom. The first kappa shape index (κ1) is 10.1. The quantitative estimate of drug-likeness (QED) is 0.639. The third-order valence-corrected chi connectivity index (χ3v) is 3.25. The van der Waals surface area contributed by atoms with Crippen LogP contribution in [0, 0.1) is 13.8 Å². The van der Waals surface area contributed by atoms with Gasteiger partial charge in [0, 0.05) is 17.8 Å². The summed E-state index contributed by atoms with van der Waals surface area (Å²) in [5.74, 6) is 0. The molecular weight excluding hydrogens is 214 g/mol. The van der Waals surface area contributed by atoms with Crippen LogP contribution in [0.4, 0.5) is 0 Å². The fourth-order valence-corrected chi connectivity index (χ4v) is 2.48. The summed E-state index contributed by atoms with van der Waals surface area (Å²) in [6.45, 7) is 4.10. The van der Waals surface area contributed by atoms with E-state index < -0.39 is 0 Å². The lowest BCUT2D eigenvalue weighted by Crippen LogP contribution is -2.17. The van der Waals surface area contributed by atoms with E-state index in [4.69, 9.17) is 0 Å². The van der Waals surface area contributed by atoms with Gasteiger partial charge in [0.15, 0.2) is 0 Å². The SMILES string of the molecule is Cc1cc(C)c2c3cn[nH]c3c(=O)n(C)c2c1. The summed E-state index contributed by atoms with van der Waals surface area (Å²) in [5, 5.41) is 8.76. The number of rotatable bonds is 0. The number of hydrogen-bond acceptors (Lipinski definition) is 2. The Balaban J connectivity index is 2.75. The van der Waals surface area contributed by atoms with Crippen molar-refractivity contribution in [1.29, 1.82) is 0 Å². The molecule has 0 atom stereocenters. The second-order valence-corrected chi connectivity index (χ2v) is 4.50. The number of nitrogens with one attached hydrogen (secondary N) is 1. The summed E-state index contributed by atoms with van der Waals surface area (Å²) in [6.07, 6.45) is 1.72. The predicted molar refractivity (Wildman–Crippen MR) is 68.3 cm³/mol. The smallest absolute Gasteiger partial charge is 0.276 e. The first-order valence-electron chi connectivity index (χ1n) is 5.52. The molecule has 0 radical (unpaired) electrons. The summed E-state index contributed by atoms with van der Waals surface area (Å²) < 4.78 is 1.68. The molecule has 2 heterocycles. The number of H-pyrrole nitrogens is 1. The highest BCUT2D eigenvalue weighted by molar-refractivity contribution is 6.05. The zero-order chi connectivity index (χ0) is 12.2. The minimum absolute atomic E-state index is 0.0324. The number of aromatic amines is 1. The summed E-state index contributed by atoms with van der Waals surface area (Å²) in [5.41, 5.74) is 3.83. The van der Waals surface area contributed by atoms with E-state index in [2.05, 4.69) is 23.2 Å². The molecule has 0 aliphatic heterocycles. The monoisotopic (exact) mass is 227 g/mol. The molecule has 86 valence electrons. The van der Waals surface area contributed by atoms with Crippen LogP contribution < -0.4 is 5.56 Å². The maximum atomic E-state index is 12.1. The molecule has 0 aliphatic rings. The average molecular weight is 227 g/mol. The standard InChI is InChI=1S/C13H13N3O/c1-7-4-8(2)11-9-6-14-15-12(9)13(17)16(3)10(11)5-7/h4-6H,1-3H3,(H,14,15). The highest BCUT2D eigenvalue weighted by Crippen LogP contribution is 2.25. The van der Waals surface area contributed by atoms with E-state index in [9.17, 15) is 4.79 Å². The third-order valence-electron chi connectivity index (χ3n) is 3.25. The lowest BCUT2D eigenvalue weighted by atomic mass is 10.0. The largest absolute Gasteiger partial charge is 0.309 e. The van der Waals surface area contributed by atoms with Gasteiger partial charge < -0.3 is 4.57 Å². The van der Waals surface area contributed by atoms with Crippen LogP contribution in [0.5, 0.6) is 0 Å². The fraction of sp³-hybridized carbons (Fsp3) is 0.231. The maximum absolute atomic E-state index is 12.1. The van der Waals surface area contributed by atoms with Crippen LogP contribution in [-0.4, -0.2) is 14.8 Å². The van der Waals surface area contributed by atoms with Gasteiger partial charge in [-0.05, 0) is 31.0 Å². The van der Waals surface area contributed by atoms with E-state index in [1.807, 2.05) is 13.0 Å². The number of aryl methyl sites for hydroxylation is 3. The van der Waals surface area contributed by atoms with Gasteiger partial charge >= 0.3 is 0 Å². The number of nitrogens with zero attached hydrogens (tertiary/aromatic N) is 2. The van der Waals surface area contributed by atoms with Crippen LogP contribution in [0.1, 0.15) is 11.1 Å². The van der Waals surface area contributed by atoms with Gasteiger partial charge in [-0.3, -0.25) is 9.89 Å². The Kier molecular flexibility index (Phi) is 1.90. The van der Waals surface area contributed by atoms with E-state index in [0.717, 1.165) is 21.9 Å². The zero-order valence-electron chi connectivity index (χ0n) is 10.0. The summed E-state index contributed by atoms with van der Waals surface area (Å²) in [7, 11) is 1.80. The Hall–Kier alpha value is -2.10. The van der Waals surface area contributed by atoms with E-state index in [1.54, 1.807) is 17.8 Å². The van der Waals surface area contributed by atoms with Gasteiger partial charge in [-0.15, -0.1) is 0 Å². The van der Waals surface area contributed by atoms with E-state index >= 15 is 0 Å². The Labute approximate surface area is 97.9 Å². The van der Waals surface area contributed by atoms with Gasteiger partial charge in [0.1, 0.15) is 5.52 Å². The molecule has 0 bridgehead atoms. The van der Waals surface area contributed by atoms with Crippen molar-refractivity contribution in [2.24, 2.45) is 7.05 Å². The second-order valence-electron chi connectivity index (χ2n) is 4.50. The molecule has 3 rings (SSSR count). The molecule has 1 N–H and O–H groups in total.